The molecule has 0 aliphatic heterocycles. The van der Waals surface area contributed by atoms with Gasteiger partial charge in [-0.3, -0.25) is 14.4 Å². The van der Waals surface area contributed by atoms with E-state index in [9.17, 15) is 14.4 Å². The molecule has 92 valence electrons. The van der Waals surface area contributed by atoms with Gasteiger partial charge in [-0.1, -0.05) is 12.1 Å². The van der Waals surface area contributed by atoms with Crippen molar-refractivity contribution in [2.75, 3.05) is 5.73 Å². The summed E-state index contributed by atoms with van der Waals surface area (Å²) in [7, 11) is 0. The van der Waals surface area contributed by atoms with Crippen LogP contribution in [-0.4, -0.2) is 17.3 Å². The van der Waals surface area contributed by atoms with Crippen LogP contribution < -0.4 is 5.73 Å². The molecule has 1 rings (SSSR count). The van der Waals surface area contributed by atoms with Crippen LogP contribution in [0.25, 0.3) is 0 Å². The van der Waals surface area contributed by atoms with Crippen LogP contribution in [0.1, 0.15) is 36.7 Å². The minimum atomic E-state index is -0.380. The van der Waals surface area contributed by atoms with Gasteiger partial charge in [-0.2, -0.15) is 0 Å². The highest BCUT2D eigenvalue weighted by atomic mass is 16.2. The molecule has 0 amide bonds. The second-order valence-electron chi connectivity index (χ2n) is 3.69. The Morgan fingerprint density at radius 2 is 1.47 bits per heavy atom. The van der Waals surface area contributed by atoms with Gasteiger partial charge in [0.05, 0.1) is 0 Å². The van der Waals surface area contributed by atoms with Gasteiger partial charge in [-0.15, -0.1) is 0 Å². The Kier molecular flexibility index (Phi) is 5.82. The third kappa shape index (κ3) is 5.06. The zero-order valence-electron chi connectivity index (χ0n) is 10.5. The van der Waals surface area contributed by atoms with E-state index in [0.29, 0.717) is 11.3 Å². The first-order valence-corrected chi connectivity index (χ1v) is 5.15. The fourth-order valence-corrected chi connectivity index (χ4v) is 1.03. The molecule has 0 fully saturated rings. The summed E-state index contributed by atoms with van der Waals surface area (Å²) in [6.45, 7) is 5.90. The van der Waals surface area contributed by atoms with E-state index in [1.807, 2.05) is 6.92 Å². The van der Waals surface area contributed by atoms with E-state index in [1.165, 1.54) is 13.8 Å². The van der Waals surface area contributed by atoms with Crippen molar-refractivity contribution < 1.29 is 14.4 Å². The van der Waals surface area contributed by atoms with E-state index in [1.54, 1.807) is 25.1 Å². The van der Waals surface area contributed by atoms with Gasteiger partial charge in [0, 0.05) is 25.1 Å². The molecule has 0 heterocycles. The van der Waals surface area contributed by atoms with Crippen LogP contribution in [0, 0.1) is 6.92 Å². The van der Waals surface area contributed by atoms with Crippen molar-refractivity contribution >= 4 is 23.0 Å². The Labute approximate surface area is 101 Å². The summed E-state index contributed by atoms with van der Waals surface area (Å²) in [6.07, 6.45) is 0. The first kappa shape index (κ1) is 15.0. The predicted octanol–water partition coefficient (Wildman–Crippen LogP) is 1.94. The summed E-state index contributed by atoms with van der Waals surface area (Å²) in [5, 5.41) is 0. The van der Waals surface area contributed by atoms with E-state index in [2.05, 4.69) is 0 Å². The Hall–Kier alpha value is -1.97. The molecule has 0 bridgehead atoms. The van der Waals surface area contributed by atoms with Crippen LogP contribution >= 0.6 is 0 Å². The van der Waals surface area contributed by atoms with E-state index in [-0.39, 0.29) is 17.3 Å². The first-order chi connectivity index (χ1) is 7.77. The highest BCUT2D eigenvalue weighted by molar-refractivity contribution is 6.35. The molecule has 0 saturated heterocycles. The Bertz CT molecular complexity index is 438. The average molecular weight is 235 g/mol. The zero-order chi connectivity index (χ0) is 13.6. The number of anilines is 1. The summed E-state index contributed by atoms with van der Waals surface area (Å²) in [6, 6.07) is 5.37. The number of Topliss-reactive ketones (excluding diaryl/α,β-unsaturated/α-hetero) is 3. The molecule has 2 N–H and O–H groups in total. The third-order valence-corrected chi connectivity index (χ3v) is 2.25. The Morgan fingerprint density at radius 1 is 1.00 bits per heavy atom. The first-order valence-electron chi connectivity index (χ1n) is 5.15. The van der Waals surface area contributed by atoms with Crippen molar-refractivity contribution in [3.63, 3.8) is 0 Å². The van der Waals surface area contributed by atoms with Crippen molar-refractivity contribution in [1.82, 2.24) is 0 Å². The third-order valence-electron chi connectivity index (χ3n) is 2.25. The molecule has 0 saturated carbocycles. The van der Waals surface area contributed by atoms with Crippen molar-refractivity contribution in [2.24, 2.45) is 0 Å². The minimum Gasteiger partial charge on any atom is -0.398 e. The zero-order valence-corrected chi connectivity index (χ0v) is 10.5. The van der Waals surface area contributed by atoms with E-state index < -0.39 is 0 Å². The van der Waals surface area contributed by atoms with E-state index in [0.717, 1.165) is 5.56 Å². The standard InChI is InChI=1S/C9H11NO.C4H6O2/c1-6-8(7(2)11)4-3-5-9(6)10;1-3(5)4(2)6/h3-5H,10H2,1-2H3;1-2H3. The maximum Gasteiger partial charge on any atom is 0.195 e. The van der Waals surface area contributed by atoms with Gasteiger partial charge in [-0.25, -0.2) is 0 Å². The van der Waals surface area contributed by atoms with Crippen LogP contribution in [0.4, 0.5) is 5.69 Å². The van der Waals surface area contributed by atoms with Crippen LogP contribution in [0.15, 0.2) is 18.2 Å². The quantitative estimate of drug-likeness (QED) is 0.483. The lowest BCUT2D eigenvalue weighted by Crippen LogP contribution is -2.01. The number of rotatable bonds is 2. The maximum absolute atomic E-state index is 11.0. The van der Waals surface area contributed by atoms with Gasteiger partial charge in [0.15, 0.2) is 17.3 Å². The normalized spacial score (nSPS) is 8.94. The Balaban J connectivity index is 0.000000366. The highest BCUT2D eigenvalue weighted by Gasteiger charge is 2.04. The number of ketones is 3. The lowest BCUT2D eigenvalue weighted by atomic mass is 10.0. The molecule has 0 aliphatic carbocycles. The second-order valence-corrected chi connectivity index (χ2v) is 3.69. The van der Waals surface area contributed by atoms with Crippen molar-refractivity contribution in [2.45, 2.75) is 27.7 Å². The summed E-state index contributed by atoms with van der Waals surface area (Å²) < 4.78 is 0. The molecule has 1 aromatic rings. The van der Waals surface area contributed by atoms with Crippen LogP contribution in [0.3, 0.4) is 0 Å². The van der Waals surface area contributed by atoms with Crippen molar-refractivity contribution in [3.8, 4) is 0 Å². The maximum atomic E-state index is 11.0. The predicted molar refractivity (Wildman–Crippen MR) is 67.0 cm³/mol. The summed E-state index contributed by atoms with van der Waals surface area (Å²) >= 11 is 0. The molecule has 0 spiro atoms. The molecular weight excluding hydrogens is 218 g/mol. The second kappa shape index (κ2) is 6.58. The molecule has 0 aliphatic rings. The van der Waals surface area contributed by atoms with Gasteiger partial charge < -0.3 is 5.73 Å². The number of nitrogens with two attached hydrogens (primary N) is 1. The molecule has 4 nitrogen and oxygen atoms in total. The van der Waals surface area contributed by atoms with Gasteiger partial charge in [0.25, 0.3) is 0 Å². The van der Waals surface area contributed by atoms with E-state index in [4.69, 9.17) is 5.73 Å². The number of carbonyl (C=O) groups excluding carboxylic acids is 3. The monoisotopic (exact) mass is 235 g/mol. The molecule has 0 aromatic heterocycles. The average Bonchev–Trinajstić information content (AvgIpc) is 2.22. The SMILES string of the molecule is CC(=O)C(C)=O.CC(=O)c1cccc(N)c1C. The molecule has 4 heteroatoms. The fraction of sp³-hybridized carbons (Fsp3) is 0.308. The van der Waals surface area contributed by atoms with Crippen LogP contribution in [0.5, 0.6) is 0 Å². The minimum absolute atomic E-state index is 0.0646. The Morgan fingerprint density at radius 3 is 1.76 bits per heavy atom. The fourth-order valence-electron chi connectivity index (χ4n) is 1.03. The summed E-state index contributed by atoms with van der Waals surface area (Å²) in [4.78, 5) is 30.6. The lowest BCUT2D eigenvalue weighted by molar-refractivity contribution is -0.134. The van der Waals surface area contributed by atoms with Crippen molar-refractivity contribution in [1.29, 1.82) is 0 Å². The smallest absolute Gasteiger partial charge is 0.195 e. The molecule has 1 aromatic carbocycles. The van der Waals surface area contributed by atoms with E-state index >= 15 is 0 Å². The number of carbonyl (C=O) groups is 3. The molecule has 0 unspecified atom stereocenters. The number of benzene rings is 1. The number of hydrogen-bond acceptors (Lipinski definition) is 4. The van der Waals surface area contributed by atoms with Gasteiger partial charge in [0.1, 0.15) is 0 Å². The lowest BCUT2D eigenvalue weighted by Gasteiger charge is -2.03. The van der Waals surface area contributed by atoms with Crippen molar-refractivity contribution in [3.05, 3.63) is 29.3 Å². The molecular formula is C13H17NO3. The number of hydrogen-bond donors (Lipinski definition) is 1. The summed E-state index contributed by atoms with van der Waals surface area (Å²) in [5.41, 5.74) is 7.87. The van der Waals surface area contributed by atoms with Gasteiger partial charge in [-0.05, 0) is 25.5 Å². The molecule has 0 radical (unpaired) electrons. The highest BCUT2D eigenvalue weighted by Crippen LogP contribution is 2.15. The number of nitrogen functional groups attached to an aromatic ring is 1. The van der Waals surface area contributed by atoms with Gasteiger partial charge >= 0.3 is 0 Å². The summed E-state index contributed by atoms with van der Waals surface area (Å²) in [5.74, 6) is -0.695. The van der Waals surface area contributed by atoms with Crippen LogP contribution in [-0.2, 0) is 9.59 Å². The topological polar surface area (TPSA) is 77.2 Å². The molecule has 17 heavy (non-hydrogen) atoms. The largest absolute Gasteiger partial charge is 0.398 e. The molecule has 0 atom stereocenters. The van der Waals surface area contributed by atoms with Gasteiger partial charge in [0.2, 0.25) is 0 Å². The van der Waals surface area contributed by atoms with Crippen LogP contribution in [0.2, 0.25) is 0 Å².